The van der Waals surface area contributed by atoms with Gasteiger partial charge in [-0.3, -0.25) is 19.2 Å². The first kappa shape index (κ1) is 29.2. The van der Waals surface area contributed by atoms with Gasteiger partial charge in [0.1, 0.15) is 0 Å². The number of rotatable bonds is 15. The van der Waals surface area contributed by atoms with Gasteiger partial charge in [0, 0.05) is 36.1 Å². The van der Waals surface area contributed by atoms with Crippen molar-refractivity contribution in [2.45, 2.75) is 49.4 Å². The van der Waals surface area contributed by atoms with Crippen molar-refractivity contribution >= 4 is 64.9 Å². The number of hydrogen-bond acceptors (Lipinski definition) is 7. The molecule has 4 amide bonds. The molecule has 1 aromatic carbocycles. The van der Waals surface area contributed by atoms with E-state index in [-0.39, 0.29) is 64.6 Å². The number of halogens is 2. The Bertz CT molecular complexity index is 1030. The number of hydrogen-bond donors (Lipinski definition) is 4. The average Bonchev–Trinajstić information content (AvgIpc) is 3.43. The van der Waals surface area contributed by atoms with Crippen molar-refractivity contribution in [2.24, 2.45) is 0 Å². The van der Waals surface area contributed by atoms with Crippen molar-refractivity contribution in [3.05, 3.63) is 33.3 Å². The number of urea groups is 1. The Balaban J connectivity index is 1.19. The van der Waals surface area contributed by atoms with Gasteiger partial charge in [-0.05, 0) is 25.0 Å². The van der Waals surface area contributed by atoms with Crippen molar-refractivity contribution < 1.29 is 28.7 Å². The first-order valence-electron chi connectivity index (χ1n) is 12.1. The van der Waals surface area contributed by atoms with Gasteiger partial charge in [0.25, 0.3) is 5.91 Å². The number of fused-ring (bicyclic) bond motifs is 1. The zero-order chi connectivity index (χ0) is 26.8. The molecule has 4 N–H and O–H groups in total. The van der Waals surface area contributed by atoms with Crippen molar-refractivity contribution in [2.75, 3.05) is 32.1 Å². The van der Waals surface area contributed by atoms with Crippen molar-refractivity contribution in [1.82, 2.24) is 21.3 Å². The van der Waals surface area contributed by atoms with Crippen LogP contribution in [0.15, 0.2) is 12.1 Å². The number of thioether (sulfide) groups is 1. The first-order chi connectivity index (χ1) is 17.8. The largest absolute Gasteiger partial charge is 0.378 e. The van der Waals surface area contributed by atoms with E-state index < -0.39 is 11.7 Å². The van der Waals surface area contributed by atoms with Crippen LogP contribution in [-0.4, -0.2) is 79.3 Å². The first-order valence-corrected chi connectivity index (χ1v) is 13.9. The van der Waals surface area contributed by atoms with Gasteiger partial charge in [0.2, 0.25) is 11.7 Å². The predicted octanol–water partition coefficient (Wildman–Crippen LogP) is 2.35. The SMILES string of the molecule is O=CC(=O)c1ccc(C(=O)NCCOCCNC(=O)CCCCCC2SCC3NC(=O)NC32)c(Cl)c1Cl. The molecule has 2 aliphatic rings. The van der Waals surface area contributed by atoms with Crippen molar-refractivity contribution in [3.8, 4) is 0 Å². The lowest BCUT2D eigenvalue weighted by Gasteiger charge is -2.16. The summed E-state index contributed by atoms with van der Waals surface area (Å²) in [7, 11) is 0. The summed E-state index contributed by atoms with van der Waals surface area (Å²) in [6.45, 7) is 1.11. The Hall–Kier alpha value is -2.34. The maximum absolute atomic E-state index is 12.3. The third-order valence-electron chi connectivity index (χ3n) is 6.13. The molecule has 13 heteroatoms. The van der Waals surface area contributed by atoms with Crippen LogP contribution in [0.2, 0.25) is 10.0 Å². The van der Waals surface area contributed by atoms with E-state index in [1.165, 1.54) is 12.1 Å². The molecule has 2 heterocycles. The maximum atomic E-state index is 12.3. The fraction of sp³-hybridized carbons (Fsp3) is 0.542. The number of aldehydes is 1. The van der Waals surface area contributed by atoms with Crippen molar-refractivity contribution in [1.29, 1.82) is 0 Å². The third kappa shape index (κ3) is 8.33. The summed E-state index contributed by atoms with van der Waals surface area (Å²) in [5.41, 5.74) is 0.0118. The minimum absolute atomic E-state index is 0.0255. The van der Waals surface area contributed by atoms with Gasteiger partial charge < -0.3 is 26.0 Å². The minimum Gasteiger partial charge on any atom is -0.378 e. The highest BCUT2D eigenvalue weighted by Crippen LogP contribution is 2.33. The molecule has 3 rings (SSSR count). The molecule has 202 valence electrons. The van der Waals surface area contributed by atoms with Crippen molar-refractivity contribution in [3.63, 3.8) is 0 Å². The Morgan fingerprint density at radius 2 is 1.73 bits per heavy atom. The van der Waals surface area contributed by atoms with Crippen LogP contribution in [-0.2, 0) is 14.3 Å². The van der Waals surface area contributed by atoms with Crippen LogP contribution in [0.1, 0.15) is 52.8 Å². The molecule has 37 heavy (non-hydrogen) atoms. The molecule has 0 radical (unpaired) electrons. The van der Waals surface area contributed by atoms with Crippen LogP contribution in [0.5, 0.6) is 0 Å². The van der Waals surface area contributed by atoms with E-state index in [0.29, 0.717) is 24.8 Å². The van der Waals surface area contributed by atoms with E-state index in [1.54, 1.807) is 0 Å². The second-order valence-electron chi connectivity index (χ2n) is 8.71. The Morgan fingerprint density at radius 1 is 1.03 bits per heavy atom. The molecule has 0 aliphatic carbocycles. The van der Waals surface area contributed by atoms with Crippen LogP contribution >= 0.6 is 35.0 Å². The highest BCUT2D eigenvalue weighted by atomic mass is 35.5. The quantitative estimate of drug-likeness (QED) is 0.0830. The number of carbonyl (C=O) groups excluding carboxylic acids is 5. The lowest BCUT2D eigenvalue weighted by atomic mass is 10.0. The summed E-state index contributed by atoms with van der Waals surface area (Å²) < 4.78 is 5.42. The van der Waals surface area contributed by atoms with Gasteiger partial charge in [-0.15, -0.1) is 0 Å². The number of nitrogens with one attached hydrogen (secondary N) is 4. The number of ketones is 1. The van der Waals surface area contributed by atoms with Crippen LogP contribution in [0.25, 0.3) is 0 Å². The predicted molar refractivity (Wildman–Crippen MR) is 142 cm³/mol. The van der Waals surface area contributed by atoms with Gasteiger partial charge in [-0.2, -0.15) is 11.8 Å². The molecule has 0 spiro atoms. The van der Waals surface area contributed by atoms with Gasteiger partial charge in [0.05, 0.1) is 40.9 Å². The molecule has 2 saturated heterocycles. The number of carbonyl (C=O) groups is 5. The van der Waals surface area contributed by atoms with E-state index in [4.69, 9.17) is 27.9 Å². The highest BCUT2D eigenvalue weighted by Gasteiger charge is 2.42. The van der Waals surface area contributed by atoms with Crippen LogP contribution < -0.4 is 21.3 Å². The van der Waals surface area contributed by atoms with E-state index in [0.717, 1.165) is 31.4 Å². The van der Waals surface area contributed by atoms with Gasteiger partial charge in [0.15, 0.2) is 6.29 Å². The standard InChI is InChI=1S/C24H30Cl2N4O6S/c25-20-14(17(32)12-31)6-7-15(21(20)26)23(34)28-9-11-36-10-8-27-19(33)5-3-1-2-4-18-22-16(13-37-18)29-24(35)30-22/h6-7,12,16,18,22H,1-5,8-11,13H2,(H,27,33)(H,28,34)(H2,29,30,35). The molecule has 2 fully saturated rings. The zero-order valence-corrected chi connectivity index (χ0v) is 22.5. The second-order valence-corrected chi connectivity index (χ2v) is 10.7. The fourth-order valence-corrected chi connectivity index (χ4v) is 6.27. The summed E-state index contributed by atoms with van der Waals surface area (Å²) in [6.07, 6.45) is 4.41. The van der Waals surface area contributed by atoms with Crippen LogP contribution in [0.3, 0.4) is 0 Å². The van der Waals surface area contributed by atoms with Gasteiger partial charge in [-0.25, -0.2) is 4.79 Å². The van der Waals surface area contributed by atoms with Gasteiger partial charge in [-0.1, -0.05) is 36.0 Å². The highest BCUT2D eigenvalue weighted by molar-refractivity contribution is 8.00. The number of unbranched alkanes of at least 4 members (excludes halogenated alkanes) is 2. The zero-order valence-electron chi connectivity index (χ0n) is 20.1. The topological polar surface area (TPSA) is 143 Å². The Kier molecular flexibility index (Phi) is 11.5. The summed E-state index contributed by atoms with van der Waals surface area (Å²) >= 11 is 14.0. The van der Waals surface area contributed by atoms with E-state index in [1.807, 2.05) is 11.8 Å². The third-order valence-corrected chi connectivity index (χ3v) is 8.52. The molecule has 1 aromatic rings. The van der Waals surface area contributed by atoms with Crippen LogP contribution in [0, 0.1) is 0 Å². The normalized spacial score (nSPS) is 20.1. The molecule has 0 saturated carbocycles. The summed E-state index contributed by atoms with van der Waals surface area (Å²) in [5.74, 6) is -0.392. The molecule has 0 aromatic heterocycles. The average molecular weight is 573 g/mol. The monoisotopic (exact) mass is 572 g/mol. The smallest absolute Gasteiger partial charge is 0.315 e. The molecule has 10 nitrogen and oxygen atoms in total. The molecular formula is C24H30Cl2N4O6S. The number of ether oxygens (including phenoxy) is 1. The molecule has 3 unspecified atom stereocenters. The summed E-state index contributed by atoms with van der Waals surface area (Å²) in [5, 5.41) is 11.6. The van der Waals surface area contributed by atoms with Crippen LogP contribution in [0.4, 0.5) is 4.79 Å². The molecule has 2 aliphatic heterocycles. The molecule has 0 bridgehead atoms. The minimum atomic E-state index is -0.824. The van der Waals surface area contributed by atoms with E-state index in [9.17, 15) is 24.0 Å². The Morgan fingerprint density at radius 3 is 2.49 bits per heavy atom. The molecule has 3 atom stereocenters. The maximum Gasteiger partial charge on any atom is 0.315 e. The summed E-state index contributed by atoms with van der Waals surface area (Å²) in [4.78, 5) is 57.8. The molecular weight excluding hydrogens is 543 g/mol. The summed E-state index contributed by atoms with van der Waals surface area (Å²) in [6, 6.07) is 2.99. The number of Topliss-reactive ketones (excluding diaryl/α,β-unsaturated/α-hetero) is 1. The van der Waals surface area contributed by atoms with E-state index >= 15 is 0 Å². The Labute approximate surface area is 229 Å². The second kappa shape index (κ2) is 14.6. The lowest BCUT2D eigenvalue weighted by Crippen LogP contribution is -2.36. The number of benzene rings is 1. The lowest BCUT2D eigenvalue weighted by molar-refractivity contribution is -0.121. The van der Waals surface area contributed by atoms with E-state index in [2.05, 4.69) is 21.3 Å². The fourth-order valence-electron chi connectivity index (χ4n) is 4.21. The van der Waals surface area contributed by atoms with Gasteiger partial charge >= 0.3 is 6.03 Å². The number of amides is 4.